The second-order valence-electron chi connectivity index (χ2n) is 7.85. The van der Waals surface area contributed by atoms with Gasteiger partial charge in [-0.3, -0.25) is 14.4 Å². The number of carboxylic acid groups (broad SMARTS) is 1. The quantitative estimate of drug-likeness (QED) is 0.181. The minimum atomic E-state index is -5.71. The van der Waals surface area contributed by atoms with Crippen molar-refractivity contribution in [2.24, 2.45) is 11.8 Å². The summed E-state index contributed by atoms with van der Waals surface area (Å²) in [5.41, 5.74) is -4.20. The summed E-state index contributed by atoms with van der Waals surface area (Å²) in [5.74, 6) is -15.3. The van der Waals surface area contributed by atoms with Crippen molar-refractivity contribution in [1.29, 1.82) is 0 Å². The normalized spacial score (nSPS) is 17.4. The third-order valence-electron chi connectivity index (χ3n) is 5.37. The van der Waals surface area contributed by atoms with E-state index in [1.807, 2.05) is 0 Å². The van der Waals surface area contributed by atoms with E-state index in [0.29, 0.717) is 4.90 Å². The van der Waals surface area contributed by atoms with Crippen molar-refractivity contribution in [3.63, 3.8) is 0 Å². The molecule has 37 heavy (non-hydrogen) atoms. The Morgan fingerprint density at radius 1 is 0.919 bits per heavy atom. The van der Waals surface area contributed by atoms with E-state index in [2.05, 4.69) is 5.32 Å². The van der Waals surface area contributed by atoms with Gasteiger partial charge in [-0.15, -0.1) is 11.8 Å². The largest absolute Gasteiger partial charge is 0.481 e. The molecular formula is C23H17F7N2O4S. The molecule has 2 unspecified atom stereocenters. The van der Waals surface area contributed by atoms with E-state index in [1.165, 1.54) is 29.6 Å². The van der Waals surface area contributed by atoms with E-state index in [1.54, 1.807) is 12.2 Å². The van der Waals surface area contributed by atoms with Gasteiger partial charge in [-0.25, -0.2) is 17.6 Å². The highest BCUT2D eigenvalue weighted by Gasteiger charge is 2.42. The molecule has 0 aromatic heterocycles. The number of carboxylic acids is 1. The van der Waals surface area contributed by atoms with E-state index in [4.69, 9.17) is 0 Å². The number of rotatable bonds is 7. The van der Waals surface area contributed by atoms with E-state index in [0.717, 1.165) is 11.8 Å². The number of alkyl halides is 3. The van der Waals surface area contributed by atoms with Crippen LogP contribution in [0.15, 0.2) is 41.3 Å². The summed E-state index contributed by atoms with van der Waals surface area (Å²) in [5, 5.41) is 13.4. The number of thioether (sulfide) groups is 1. The Balaban J connectivity index is 1.67. The van der Waals surface area contributed by atoms with Crippen molar-refractivity contribution < 1.29 is 50.2 Å². The number of anilines is 2. The topological polar surface area (TPSA) is 95.5 Å². The van der Waals surface area contributed by atoms with Gasteiger partial charge in [-0.2, -0.15) is 13.2 Å². The number of carbonyl (C=O) groups is 3. The maximum Gasteiger partial charge on any atom is 0.422 e. The highest BCUT2D eigenvalue weighted by atomic mass is 32.2. The fourth-order valence-corrected chi connectivity index (χ4v) is 4.35. The van der Waals surface area contributed by atoms with Gasteiger partial charge in [-0.05, 0) is 31.0 Å². The molecule has 0 heterocycles. The minimum Gasteiger partial charge on any atom is -0.481 e. The second kappa shape index (κ2) is 11.2. The smallest absolute Gasteiger partial charge is 0.422 e. The number of hydrogen-bond acceptors (Lipinski definition) is 4. The van der Waals surface area contributed by atoms with Crippen molar-refractivity contribution >= 4 is 40.9 Å². The predicted molar refractivity (Wildman–Crippen MR) is 119 cm³/mol. The summed E-state index contributed by atoms with van der Waals surface area (Å²) < 4.78 is 93.5. The van der Waals surface area contributed by atoms with Crippen molar-refractivity contribution in [3.05, 3.63) is 65.2 Å². The van der Waals surface area contributed by atoms with Gasteiger partial charge in [0, 0.05) is 10.6 Å². The van der Waals surface area contributed by atoms with E-state index >= 15 is 0 Å². The van der Waals surface area contributed by atoms with E-state index in [-0.39, 0.29) is 18.5 Å². The lowest BCUT2D eigenvalue weighted by atomic mass is 9.82. The zero-order valence-electron chi connectivity index (χ0n) is 18.5. The zero-order chi connectivity index (χ0) is 27.5. The van der Waals surface area contributed by atoms with Gasteiger partial charge in [0.15, 0.2) is 23.3 Å². The first-order valence-electron chi connectivity index (χ1n) is 10.5. The van der Waals surface area contributed by atoms with Crippen LogP contribution in [0.5, 0.6) is 0 Å². The highest BCUT2D eigenvalue weighted by molar-refractivity contribution is 8.00. The molecule has 2 aromatic rings. The van der Waals surface area contributed by atoms with Crippen LogP contribution in [-0.4, -0.2) is 28.6 Å². The summed E-state index contributed by atoms with van der Waals surface area (Å²) in [6.07, 6.45) is -1.90. The lowest BCUT2D eigenvalue weighted by molar-refractivity contribution is -0.146. The molecular weight excluding hydrogens is 533 g/mol. The molecule has 3 N–H and O–H groups in total. The second-order valence-corrected chi connectivity index (χ2v) is 8.90. The van der Waals surface area contributed by atoms with Gasteiger partial charge in [0.05, 0.1) is 17.6 Å². The monoisotopic (exact) mass is 550 g/mol. The number of carbonyl (C=O) groups excluding carboxylic acids is 2. The Labute approximate surface area is 208 Å². The number of aliphatic carboxylic acids is 1. The van der Waals surface area contributed by atoms with Crippen LogP contribution in [0.25, 0.3) is 0 Å². The fraction of sp³-hybridized carbons (Fsp3) is 0.261. The third-order valence-corrected chi connectivity index (χ3v) is 6.36. The SMILES string of the molecule is O=C(CSc1cccc(NC(=O)C2CC=CCC2C(=O)O)c1)Nc1c(F)c(F)c(C(F)(F)F)c(F)c1F. The number of allylic oxidation sites excluding steroid dienone is 2. The number of halogens is 7. The summed E-state index contributed by atoms with van der Waals surface area (Å²) in [6.45, 7) is 0. The minimum absolute atomic E-state index is 0.201. The molecule has 0 radical (unpaired) electrons. The Bertz CT molecular complexity index is 1240. The molecule has 14 heteroatoms. The van der Waals surface area contributed by atoms with Crippen LogP contribution >= 0.6 is 11.8 Å². The fourth-order valence-electron chi connectivity index (χ4n) is 3.59. The van der Waals surface area contributed by atoms with Gasteiger partial charge >= 0.3 is 12.1 Å². The molecule has 1 aliphatic carbocycles. The van der Waals surface area contributed by atoms with E-state index in [9.17, 15) is 50.2 Å². The van der Waals surface area contributed by atoms with Crippen LogP contribution < -0.4 is 10.6 Å². The zero-order valence-corrected chi connectivity index (χ0v) is 19.3. The molecule has 0 spiro atoms. The molecule has 1 aliphatic rings. The lowest BCUT2D eigenvalue weighted by Crippen LogP contribution is -2.34. The summed E-state index contributed by atoms with van der Waals surface area (Å²) in [4.78, 5) is 36.4. The lowest BCUT2D eigenvalue weighted by Gasteiger charge is -2.24. The Morgan fingerprint density at radius 2 is 1.51 bits per heavy atom. The van der Waals surface area contributed by atoms with Crippen LogP contribution in [0.1, 0.15) is 18.4 Å². The van der Waals surface area contributed by atoms with E-state index < -0.39 is 76.1 Å². The molecule has 0 aliphatic heterocycles. The summed E-state index contributed by atoms with van der Waals surface area (Å²) in [7, 11) is 0. The number of nitrogens with one attached hydrogen (secondary N) is 2. The van der Waals surface area contributed by atoms with Gasteiger partial charge in [0.25, 0.3) is 0 Å². The molecule has 2 atom stereocenters. The standard InChI is InChI=1S/C23H17F7N2O4S/c24-16-15(23(28,29)30)17(25)19(27)20(18(16)26)32-14(33)9-37-11-5-3-4-10(8-11)31-21(34)12-6-1-2-7-13(12)22(35)36/h1-5,8,12-13H,6-7,9H2,(H,31,34)(H,32,33)(H,35,36). The van der Waals surface area contributed by atoms with Crippen molar-refractivity contribution in [1.82, 2.24) is 0 Å². The van der Waals surface area contributed by atoms with Gasteiger partial charge in [0.1, 0.15) is 11.3 Å². The first-order chi connectivity index (χ1) is 17.3. The highest BCUT2D eigenvalue weighted by Crippen LogP contribution is 2.38. The Hall–Kier alpha value is -3.55. The maximum atomic E-state index is 14.0. The maximum absolute atomic E-state index is 14.0. The van der Waals surface area contributed by atoms with Gasteiger partial charge < -0.3 is 15.7 Å². The number of hydrogen-bond donors (Lipinski definition) is 3. The molecule has 0 saturated carbocycles. The molecule has 6 nitrogen and oxygen atoms in total. The molecule has 2 amide bonds. The molecule has 0 fully saturated rings. The van der Waals surface area contributed by atoms with Crippen LogP contribution in [0, 0.1) is 35.1 Å². The Kier molecular flexibility index (Phi) is 8.51. The molecule has 198 valence electrons. The average molecular weight is 550 g/mol. The van der Waals surface area contributed by atoms with Crippen molar-refractivity contribution in [3.8, 4) is 0 Å². The summed E-state index contributed by atoms with van der Waals surface area (Å²) >= 11 is 0.777. The molecule has 0 bridgehead atoms. The molecule has 0 saturated heterocycles. The number of benzene rings is 2. The predicted octanol–water partition coefficient (Wildman–Crippen LogP) is 5.60. The first kappa shape index (κ1) is 28.0. The molecule has 2 aromatic carbocycles. The van der Waals surface area contributed by atoms with Gasteiger partial charge in [-0.1, -0.05) is 18.2 Å². The van der Waals surface area contributed by atoms with Crippen molar-refractivity contribution in [2.75, 3.05) is 16.4 Å². The van der Waals surface area contributed by atoms with Crippen LogP contribution in [-0.2, 0) is 20.6 Å². The third kappa shape index (κ3) is 6.42. The Morgan fingerprint density at radius 3 is 2.08 bits per heavy atom. The first-order valence-corrected chi connectivity index (χ1v) is 11.4. The van der Waals surface area contributed by atoms with Crippen LogP contribution in [0.4, 0.5) is 42.1 Å². The average Bonchev–Trinajstić information content (AvgIpc) is 2.83. The van der Waals surface area contributed by atoms with Gasteiger partial charge in [0.2, 0.25) is 11.8 Å². The summed E-state index contributed by atoms with van der Waals surface area (Å²) in [6, 6.07) is 5.90. The van der Waals surface area contributed by atoms with Crippen molar-refractivity contribution in [2.45, 2.75) is 23.9 Å². The van der Waals surface area contributed by atoms with Crippen LogP contribution in [0.3, 0.4) is 0 Å². The van der Waals surface area contributed by atoms with Crippen LogP contribution in [0.2, 0.25) is 0 Å². The number of amides is 2. The molecule has 3 rings (SSSR count).